The molecular weight excluding hydrogens is 276 g/mol. The number of nitrogens with one attached hydrogen (secondary N) is 2. The highest BCUT2D eigenvalue weighted by atomic mass is 35.5. The first-order chi connectivity index (χ1) is 9.65. The van der Waals surface area contributed by atoms with Gasteiger partial charge in [-0.1, -0.05) is 36.4 Å². The molecule has 100 valence electrons. The van der Waals surface area contributed by atoms with Gasteiger partial charge in [-0.3, -0.25) is 9.59 Å². The zero-order valence-corrected chi connectivity index (χ0v) is 11.1. The van der Waals surface area contributed by atoms with Crippen LogP contribution in [0.2, 0.25) is 0 Å². The van der Waals surface area contributed by atoms with Gasteiger partial charge in [0.2, 0.25) is 0 Å². The number of rotatable bonds is 2. The average molecular weight is 287 g/mol. The van der Waals surface area contributed by atoms with Crippen molar-refractivity contribution in [2.75, 3.05) is 0 Å². The van der Waals surface area contributed by atoms with Gasteiger partial charge in [-0.05, 0) is 23.3 Å². The Kier molecular flexibility index (Phi) is 3.16. The monoisotopic (exact) mass is 286 g/mol. The summed E-state index contributed by atoms with van der Waals surface area (Å²) >= 11 is 6.44. The molecule has 0 amide bonds. The standard InChI is InChI=1S/C15H11ClN2O2/c16-13(9-4-2-1-3-5-9)10-6-7-11-12(8-10)18-15(20)14(19)17-11/h1-8,13H,(H,17,19)(H,18,20). The third kappa shape index (κ3) is 2.26. The van der Waals surface area contributed by atoms with Gasteiger partial charge >= 0.3 is 11.1 Å². The molecule has 2 aromatic carbocycles. The maximum absolute atomic E-state index is 11.4. The van der Waals surface area contributed by atoms with Crippen LogP contribution in [-0.2, 0) is 0 Å². The van der Waals surface area contributed by atoms with Crippen molar-refractivity contribution >= 4 is 22.6 Å². The van der Waals surface area contributed by atoms with Gasteiger partial charge in [0.1, 0.15) is 0 Å². The fourth-order valence-corrected chi connectivity index (χ4v) is 2.39. The van der Waals surface area contributed by atoms with Gasteiger partial charge in [0.25, 0.3) is 0 Å². The molecule has 0 aliphatic carbocycles. The lowest BCUT2D eigenvalue weighted by Crippen LogP contribution is -2.28. The van der Waals surface area contributed by atoms with E-state index >= 15 is 0 Å². The Labute approximate surface area is 119 Å². The van der Waals surface area contributed by atoms with Crippen molar-refractivity contribution in [1.29, 1.82) is 0 Å². The van der Waals surface area contributed by atoms with Crippen LogP contribution in [0.1, 0.15) is 16.5 Å². The van der Waals surface area contributed by atoms with E-state index in [2.05, 4.69) is 9.97 Å². The predicted octanol–water partition coefficient (Wildman–Crippen LogP) is 2.54. The van der Waals surface area contributed by atoms with Crippen LogP contribution in [0.25, 0.3) is 11.0 Å². The van der Waals surface area contributed by atoms with E-state index in [1.54, 1.807) is 12.1 Å². The number of H-pyrrole nitrogens is 2. The number of hydrogen-bond donors (Lipinski definition) is 2. The number of hydrogen-bond acceptors (Lipinski definition) is 2. The summed E-state index contributed by atoms with van der Waals surface area (Å²) in [7, 11) is 0. The van der Waals surface area contributed by atoms with E-state index in [0.717, 1.165) is 11.1 Å². The summed E-state index contributed by atoms with van der Waals surface area (Å²) in [4.78, 5) is 27.7. The molecule has 0 saturated heterocycles. The minimum atomic E-state index is -0.666. The minimum Gasteiger partial charge on any atom is -0.316 e. The Morgan fingerprint density at radius 1 is 0.800 bits per heavy atom. The third-order valence-corrected chi connectivity index (χ3v) is 3.64. The van der Waals surface area contributed by atoms with Crippen LogP contribution in [-0.4, -0.2) is 9.97 Å². The fourth-order valence-electron chi connectivity index (χ4n) is 2.10. The van der Waals surface area contributed by atoms with Crippen molar-refractivity contribution in [2.24, 2.45) is 0 Å². The molecule has 1 aromatic heterocycles. The quantitative estimate of drug-likeness (QED) is 0.562. The highest BCUT2D eigenvalue weighted by molar-refractivity contribution is 6.22. The number of alkyl halides is 1. The largest absolute Gasteiger partial charge is 0.316 e. The van der Waals surface area contributed by atoms with E-state index in [0.29, 0.717) is 11.0 Å². The Morgan fingerprint density at radius 2 is 1.45 bits per heavy atom. The highest BCUT2D eigenvalue weighted by Crippen LogP contribution is 2.29. The van der Waals surface area contributed by atoms with E-state index in [9.17, 15) is 9.59 Å². The van der Waals surface area contributed by atoms with E-state index in [4.69, 9.17) is 11.6 Å². The molecule has 1 unspecified atom stereocenters. The topological polar surface area (TPSA) is 65.7 Å². The van der Waals surface area contributed by atoms with Gasteiger partial charge in [0, 0.05) is 0 Å². The smallest absolute Gasteiger partial charge is 0.314 e. The first kappa shape index (κ1) is 12.7. The lowest BCUT2D eigenvalue weighted by Gasteiger charge is -2.10. The zero-order valence-electron chi connectivity index (χ0n) is 10.4. The third-order valence-electron chi connectivity index (χ3n) is 3.13. The Balaban J connectivity index is 2.11. The molecule has 0 spiro atoms. The van der Waals surface area contributed by atoms with E-state index < -0.39 is 11.1 Å². The van der Waals surface area contributed by atoms with Gasteiger partial charge in [0.15, 0.2) is 0 Å². The first-order valence-electron chi connectivity index (χ1n) is 6.10. The summed E-state index contributed by atoms with van der Waals surface area (Å²) in [6, 6.07) is 15.0. The zero-order chi connectivity index (χ0) is 14.1. The van der Waals surface area contributed by atoms with Gasteiger partial charge in [0.05, 0.1) is 16.4 Å². The number of benzene rings is 2. The second kappa shape index (κ2) is 4.98. The van der Waals surface area contributed by atoms with Crippen molar-refractivity contribution in [1.82, 2.24) is 9.97 Å². The summed E-state index contributed by atoms with van der Waals surface area (Å²) in [6.45, 7) is 0. The van der Waals surface area contributed by atoms with Crippen LogP contribution >= 0.6 is 11.6 Å². The van der Waals surface area contributed by atoms with Crippen molar-refractivity contribution in [3.8, 4) is 0 Å². The molecule has 4 nitrogen and oxygen atoms in total. The average Bonchev–Trinajstić information content (AvgIpc) is 2.48. The second-order valence-corrected chi connectivity index (χ2v) is 4.92. The summed E-state index contributed by atoms with van der Waals surface area (Å²) < 4.78 is 0. The second-order valence-electron chi connectivity index (χ2n) is 4.49. The highest BCUT2D eigenvalue weighted by Gasteiger charge is 2.11. The molecule has 0 fully saturated rings. The van der Waals surface area contributed by atoms with Crippen molar-refractivity contribution in [2.45, 2.75) is 5.38 Å². The molecule has 0 aliphatic heterocycles. The van der Waals surface area contributed by atoms with Crippen LogP contribution in [0.15, 0.2) is 58.1 Å². The molecule has 20 heavy (non-hydrogen) atoms. The summed E-state index contributed by atoms with van der Waals surface area (Å²) in [5, 5.41) is -0.309. The molecule has 0 aliphatic rings. The number of aromatic nitrogens is 2. The van der Waals surface area contributed by atoms with Crippen LogP contribution in [0.4, 0.5) is 0 Å². The van der Waals surface area contributed by atoms with Gasteiger partial charge in [-0.25, -0.2) is 0 Å². The van der Waals surface area contributed by atoms with Crippen LogP contribution in [0.5, 0.6) is 0 Å². The Bertz CT molecular complexity index is 868. The maximum Gasteiger partial charge on any atom is 0.314 e. The van der Waals surface area contributed by atoms with Crippen molar-refractivity contribution in [3.05, 3.63) is 80.4 Å². The first-order valence-corrected chi connectivity index (χ1v) is 6.54. The number of aromatic amines is 2. The van der Waals surface area contributed by atoms with Crippen molar-refractivity contribution in [3.63, 3.8) is 0 Å². The lowest BCUT2D eigenvalue weighted by molar-refractivity contribution is 1.11. The van der Waals surface area contributed by atoms with E-state index in [1.165, 1.54) is 0 Å². The van der Waals surface area contributed by atoms with Crippen LogP contribution in [0.3, 0.4) is 0 Å². The summed E-state index contributed by atoms with van der Waals surface area (Å²) in [6.07, 6.45) is 0. The molecular formula is C15H11ClN2O2. The molecule has 0 bridgehead atoms. The normalized spacial score (nSPS) is 12.4. The Morgan fingerprint density at radius 3 is 2.15 bits per heavy atom. The number of fused-ring (bicyclic) bond motifs is 1. The molecule has 3 aromatic rings. The van der Waals surface area contributed by atoms with Crippen LogP contribution < -0.4 is 11.1 Å². The van der Waals surface area contributed by atoms with Gasteiger partial charge in [-0.2, -0.15) is 0 Å². The van der Waals surface area contributed by atoms with E-state index in [1.807, 2.05) is 36.4 Å². The fraction of sp³-hybridized carbons (Fsp3) is 0.0667. The van der Waals surface area contributed by atoms with Crippen LogP contribution in [0, 0.1) is 0 Å². The maximum atomic E-state index is 11.4. The van der Waals surface area contributed by atoms with Gasteiger partial charge < -0.3 is 9.97 Å². The van der Waals surface area contributed by atoms with Crippen molar-refractivity contribution < 1.29 is 0 Å². The molecule has 0 saturated carbocycles. The molecule has 1 atom stereocenters. The minimum absolute atomic E-state index is 0.309. The molecule has 3 rings (SSSR count). The summed E-state index contributed by atoms with van der Waals surface area (Å²) in [5.41, 5.74) is 1.65. The Hall–Kier alpha value is -2.33. The number of halogens is 1. The predicted molar refractivity (Wildman–Crippen MR) is 79.3 cm³/mol. The van der Waals surface area contributed by atoms with E-state index in [-0.39, 0.29) is 5.38 Å². The molecule has 1 heterocycles. The SMILES string of the molecule is O=c1[nH]c2ccc(C(Cl)c3ccccc3)cc2[nH]c1=O. The summed E-state index contributed by atoms with van der Waals surface area (Å²) in [5.74, 6) is 0. The molecule has 0 radical (unpaired) electrons. The van der Waals surface area contributed by atoms with Gasteiger partial charge in [-0.15, -0.1) is 11.6 Å². The lowest BCUT2D eigenvalue weighted by atomic mass is 10.0. The molecule has 2 N–H and O–H groups in total. The molecule has 5 heteroatoms.